The van der Waals surface area contributed by atoms with E-state index in [0.717, 1.165) is 16.5 Å². The van der Waals surface area contributed by atoms with Crippen LogP contribution in [-0.4, -0.2) is 0 Å². The Morgan fingerprint density at radius 2 is 1.93 bits per heavy atom. The van der Waals surface area contributed by atoms with Crippen molar-refractivity contribution in [2.24, 2.45) is 0 Å². The van der Waals surface area contributed by atoms with Gasteiger partial charge in [-0.15, -0.1) is 0 Å². The van der Waals surface area contributed by atoms with Crippen LogP contribution in [-0.2, 0) is 0 Å². The fourth-order valence-electron chi connectivity index (χ4n) is 1.47. The number of hydrogen-bond acceptors (Lipinski definition) is 2. The molecule has 0 fully saturated rings. The number of benzene rings is 2. The lowest BCUT2D eigenvalue weighted by Gasteiger charge is -2.06. The van der Waals surface area contributed by atoms with Crippen LogP contribution in [0.1, 0.15) is 6.42 Å². The second kappa shape index (κ2) is 4.47. The Hall–Kier alpha value is -2.01. The molecule has 0 amide bonds. The lowest BCUT2D eigenvalue weighted by atomic mass is 10.1. The number of nitrogens with zero attached hydrogens (tertiary/aromatic N) is 1. The van der Waals surface area contributed by atoms with E-state index in [1.807, 2.05) is 48.5 Å². The molecule has 0 aliphatic heterocycles. The second-order valence-corrected chi connectivity index (χ2v) is 3.12. The van der Waals surface area contributed by atoms with Gasteiger partial charge in [0.1, 0.15) is 12.4 Å². The second-order valence-electron chi connectivity index (χ2n) is 3.12. The zero-order valence-corrected chi connectivity index (χ0v) is 8.18. The SMILES string of the molecule is N#CC[CH]Oc1cccc2ccccc12. The maximum Gasteiger partial charge on any atom is 0.149 e. The summed E-state index contributed by atoms with van der Waals surface area (Å²) >= 11 is 0. The van der Waals surface area contributed by atoms with Gasteiger partial charge in [0, 0.05) is 5.39 Å². The molecule has 0 saturated carbocycles. The van der Waals surface area contributed by atoms with Crippen molar-refractivity contribution in [3.63, 3.8) is 0 Å². The number of rotatable bonds is 3. The minimum atomic E-state index is 0.295. The fourth-order valence-corrected chi connectivity index (χ4v) is 1.47. The topological polar surface area (TPSA) is 33.0 Å². The minimum Gasteiger partial charge on any atom is -0.485 e. The summed E-state index contributed by atoms with van der Waals surface area (Å²) in [5, 5.41) is 10.6. The molecule has 2 nitrogen and oxygen atoms in total. The zero-order valence-electron chi connectivity index (χ0n) is 8.18. The first-order valence-corrected chi connectivity index (χ1v) is 4.75. The predicted molar refractivity (Wildman–Crippen MR) is 59.1 cm³/mol. The maximum atomic E-state index is 8.40. The molecule has 2 aromatic carbocycles. The fraction of sp³-hybridized carbons (Fsp3) is 0.0769. The molecular formula is C13H10NO. The molecule has 0 bridgehead atoms. The first-order chi connectivity index (χ1) is 7.42. The Bertz CT molecular complexity index is 494. The summed E-state index contributed by atoms with van der Waals surface area (Å²) in [6.45, 7) is 1.52. The average molecular weight is 196 g/mol. The highest BCUT2D eigenvalue weighted by molar-refractivity contribution is 5.88. The lowest BCUT2D eigenvalue weighted by Crippen LogP contribution is -1.89. The molecule has 0 aliphatic carbocycles. The molecular weight excluding hydrogens is 186 g/mol. The van der Waals surface area contributed by atoms with Gasteiger partial charge >= 0.3 is 0 Å². The van der Waals surface area contributed by atoms with E-state index >= 15 is 0 Å². The molecule has 0 N–H and O–H groups in total. The zero-order chi connectivity index (χ0) is 10.5. The van der Waals surface area contributed by atoms with Crippen molar-refractivity contribution >= 4 is 10.8 Å². The van der Waals surface area contributed by atoms with Gasteiger partial charge in [0.05, 0.1) is 12.5 Å². The van der Waals surface area contributed by atoms with Gasteiger partial charge in [-0.1, -0.05) is 36.4 Å². The Balaban J connectivity index is 2.31. The molecule has 15 heavy (non-hydrogen) atoms. The van der Waals surface area contributed by atoms with E-state index in [0.29, 0.717) is 6.42 Å². The molecule has 0 atom stereocenters. The highest BCUT2D eigenvalue weighted by Crippen LogP contribution is 2.25. The molecule has 0 saturated heterocycles. The summed E-state index contributed by atoms with van der Waals surface area (Å²) in [5.74, 6) is 0.795. The summed E-state index contributed by atoms with van der Waals surface area (Å²) in [6, 6.07) is 15.9. The van der Waals surface area contributed by atoms with Crippen molar-refractivity contribution < 1.29 is 4.74 Å². The van der Waals surface area contributed by atoms with Crippen LogP contribution < -0.4 is 4.74 Å². The van der Waals surface area contributed by atoms with Crippen molar-refractivity contribution in [2.45, 2.75) is 6.42 Å². The van der Waals surface area contributed by atoms with Gasteiger partial charge in [0.2, 0.25) is 0 Å². The van der Waals surface area contributed by atoms with Crippen LogP contribution in [0.4, 0.5) is 0 Å². The van der Waals surface area contributed by atoms with E-state index < -0.39 is 0 Å². The standard InChI is InChI=1S/C13H10NO/c14-9-4-10-15-13-8-3-6-11-5-1-2-7-12(11)13/h1-3,5-8,10H,4H2. The van der Waals surface area contributed by atoms with Crippen LogP contribution in [0.3, 0.4) is 0 Å². The molecule has 2 rings (SSSR count). The highest BCUT2D eigenvalue weighted by atomic mass is 16.5. The summed E-state index contributed by atoms with van der Waals surface area (Å²) in [4.78, 5) is 0. The monoisotopic (exact) mass is 196 g/mol. The average Bonchev–Trinajstić information content (AvgIpc) is 2.30. The summed E-state index contributed by atoms with van der Waals surface area (Å²) in [7, 11) is 0. The number of ether oxygens (including phenoxy) is 1. The summed E-state index contributed by atoms with van der Waals surface area (Å²) in [6.07, 6.45) is 0.295. The van der Waals surface area contributed by atoms with Crippen molar-refractivity contribution in [1.29, 1.82) is 5.26 Å². The summed E-state index contributed by atoms with van der Waals surface area (Å²) < 4.78 is 5.41. The van der Waals surface area contributed by atoms with Crippen LogP contribution in [0.15, 0.2) is 42.5 Å². The smallest absolute Gasteiger partial charge is 0.149 e. The van der Waals surface area contributed by atoms with E-state index in [2.05, 4.69) is 0 Å². The molecule has 2 aromatic rings. The van der Waals surface area contributed by atoms with E-state index in [-0.39, 0.29) is 0 Å². The molecule has 0 unspecified atom stereocenters. The van der Waals surface area contributed by atoms with Crippen molar-refractivity contribution in [2.75, 3.05) is 0 Å². The van der Waals surface area contributed by atoms with Crippen molar-refractivity contribution in [3.8, 4) is 11.8 Å². The third-order valence-corrected chi connectivity index (χ3v) is 2.13. The van der Waals surface area contributed by atoms with Gasteiger partial charge in [-0.05, 0) is 11.5 Å². The first kappa shape index (κ1) is 9.54. The molecule has 0 spiro atoms. The van der Waals surface area contributed by atoms with Crippen LogP contribution in [0, 0.1) is 17.9 Å². The molecule has 1 radical (unpaired) electrons. The molecule has 0 aromatic heterocycles. The van der Waals surface area contributed by atoms with Crippen LogP contribution in [0.2, 0.25) is 0 Å². The quantitative estimate of drug-likeness (QED) is 0.705. The third kappa shape index (κ3) is 2.08. The third-order valence-electron chi connectivity index (χ3n) is 2.13. The van der Waals surface area contributed by atoms with Crippen LogP contribution >= 0.6 is 0 Å². The maximum absolute atomic E-state index is 8.40. The van der Waals surface area contributed by atoms with Crippen LogP contribution in [0.5, 0.6) is 5.75 Å². The Morgan fingerprint density at radius 1 is 1.13 bits per heavy atom. The summed E-state index contributed by atoms with van der Waals surface area (Å²) in [5.41, 5.74) is 0. The van der Waals surface area contributed by atoms with E-state index in [4.69, 9.17) is 10.00 Å². The molecule has 0 heterocycles. The Labute approximate surface area is 88.7 Å². The van der Waals surface area contributed by atoms with E-state index in [9.17, 15) is 0 Å². The highest BCUT2D eigenvalue weighted by Gasteiger charge is 2.00. The van der Waals surface area contributed by atoms with Gasteiger partial charge in [-0.2, -0.15) is 5.26 Å². The van der Waals surface area contributed by atoms with Gasteiger partial charge < -0.3 is 4.74 Å². The van der Waals surface area contributed by atoms with Gasteiger partial charge in [0.15, 0.2) is 0 Å². The van der Waals surface area contributed by atoms with Gasteiger partial charge in [-0.25, -0.2) is 0 Å². The van der Waals surface area contributed by atoms with Gasteiger partial charge in [0.25, 0.3) is 0 Å². The normalized spacial score (nSPS) is 9.80. The Morgan fingerprint density at radius 3 is 2.80 bits per heavy atom. The number of hydrogen-bond donors (Lipinski definition) is 0. The lowest BCUT2D eigenvalue weighted by molar-refractivity contribution is 0.410. The molecule has 0 aliphatic rings. The first-order valence-electron chi connectivity index (χ1n) is 4.75. The van der Waals surface area contributed by atoms with E-state index in [1.165, 1.54) is 6.61 Å². The Kier molecular flexibility index (Phi) is 2.85. The predicted octanol–water partition coefficient (Wildman–Crippen LogP) is 3.29. The van der Waals surface area contributed by atoms with E-state index in [1.54, 1.807) is 0 Å². The minimum absolute atomic E-state index is 0.295. The van der Waals surface area contributed by atoms with Gasteiger partial charge in [-0.3, -0.25) is 0 Å². The molecule has 73 valence electrons. The van der Waals surface area contributed by atoms with Crippen molar-refractivity contribution in [1.82, 2.24) is 0 Å². The van der Waals surface area contributed by atoms with Crippen molar-refractivity contribution in [3.05, 3.63) is 49.1 Å². The largest absolute Gasteiger partial charge is 0.485 e. The number of fused-ring (bicyclic) bond motifs is 1. The molecule has 2 heteroatoms. The van der Waals surface area contributed by atoms with Crippen LogP contribution in [0.25, 0.3) is 10.8 Å². The number of nitriles is 1.